The summed E-state index contributed by atoms with van der Waals surface area (Å²) in [6.45, 7) is 3.56. The number of benzene rings is 2. The molecular weight excluding hydrogens is 352 g/mol. The largest absolute Gasteiger partial charge is 0.497 e. The summed E-state index contributed by atoms with van der Waals surface area (Å²) in [6.07, 6.45) is 1.08. The third-order valence-corrected chi connectivity index (χ3v) is 5.14. The Morgan fingerprint density at radius 3 is 2.19 bits per heavy atom. The van der Waals surface area contributed by atoms with E-state index in [2.05, 4.69) is 5.32 Å². The van der Waals surface area contributed by atoms with Crippen molar-refractivity contribution in [2.24, 2.45) is 0 Å². The van der Waals surface area contributed by atoms with E-state index in [1.54, 1.807) is 24.3 Å². The molecular formula is C19H24N2O4S. The van der Waals surface area contributed by atoms with Crippen LogP contribution in [0.1, 0.15) is 24.1 Å². The lowest BCUT2D eigenvalue weighted by molar-refractivity contribution is -0.120. The normalized spacial score (nSPS) is 12.3. The number of ether oxygens (including phenoxy) is 1. The Hall–Kier alpha value is -2.54. The van der Waals surface area contributed by atoms with Crippen molar-refractivity contribution >= 4 is 21.6 Å². The van der Waals surface area contributed by atoms with E-state index < -0.39 is 10.0 Å². The zero-order valence-corrected chi connectivity index (χ0v) is 16.2. The van der Waals surface area contributed by atoms with Crippen LogP contribution in [0.25, 0.3) is 0 Å². The second kappa shape index (κ2) is 8.23. The predicted octanol–water partition coefficient (Wildman–Crippen LogP) is 2.65. The number of sulfonamides is 1. The quantitative estimate of drug-likeness (QED) is 0.806. The van der Waals surface area contributed by atoms with Gasteiger partial charge in [0.05, 0.1) is 25.1 Å². The van der Waals surface area contributed by atoms with Gasteiger partial charge in [-0.2, -0.15) is 0 Å². The Labute approximate surface area is 154 Å². The fourth-order valence-corrected chi connectivity index (χ4v) is 3.36. The van der Waals surface area contributed by atoms with Gasteiger partial charge in [0.2, 0.25) is 15.9 Å². The highest BCUT2D eigenvalue weighted by Crippen LogP contribution is 2.21. The molecule has 0 fully saturated rings. The summed E-state index contributed by atoms with van der Waals surface area (Å²) >= 11 is 0. The monoisotopic (exact) mass is 376 g/mol. The second-order valence-corrected chi connectivity index (χ2v) is 8.07. The summed E-state index contributed by atoms with van der Waals surface area (Å²) in [5, 5.41) is 2.84. The number of methoxy groups -OCH3 is 1. The van der Waals surface area contributed by atoms with Crippen LogP contribution < -0.4 is 14.4 Å². The summed E-state index contributed by atoms with van der Waals surface area (Å²) in [5.41, 5.74) is 2.50. The van der Waals surface area contributed by atoms with Crippen LogP contribution in [0.15, 0.2) is 48.5 Å². The first-order chi connectivity index (χ1) is 12.2. The number of amides is 1. The first-order valence-electron chi connectivity index (χ1n) is 8.18. The van der Waals surface area contributed by atoms with Crippen LogP contribution in [-0.4, -0.2) is 34.2 Å². The highest BCUT2D eigenvalue weighted by atomic mass is 32.2. The van der Waals surface area contributed by atoms with Crippen LogP contribution in [0.4, 0.5) is 5.69 Å². The van der Waals surface area contributed by atoms with Gasteiger partial charge in [-0.1, -0.05) is 29.8 Å². The first-order valence-corrected chi connectivity index (χ1v) is 10.0. The summed E-state index contributed by atoms with van der Waals surface area (Å²) in [5.74, 6) is 0.235. The third-order valence-electron chi connectivity index (χ3n) is 4.00. The van der Waals surface area contributed by atoms with Gasteiger partial charge in [0.15, 0.2) is 0 Å². The molecule has 0 saturated heterocycles. The van der Waals surface area contributed by atoms with E-state index in [0.717, 1.165) is 21.7 Å². The number of anilines is 1. The number of rotatable bonds is 7. The topological polar surface area (TPSA) is 75.7 Å². The Morgan fingerprint density at radius 2 is 1.69 bits per heavy atom. The van der Waals surface area contributed by atoms with Gasteiger partial charge in [0.25, 0.3) is 0 Å². The van der Waals surface area contributed by atoms with Gasteiger partial charge < -0.3 is 10.1 Å². The number of hydrogen-bond acceptors (Lipinski definition) is 4. The van der Waals surface area contributed by atoms with E-state index in [1.165, 1.54) is 7.11 Å². The van der Waals surface area contributed by atoms with Crippen molar-refractivity contribution in [3.05, 3.63) is 59.7 Å². The molecule has 1 N–H and O–H groups in total. The van der Waals surface area contributed by atoms with Crippen molar-refractivity contribution < 1.29 is 17.9 Å². The van der Waals surface area contributed by atoms with Crippen molar-refractivity contribution in [1.82, 2.24) is 5.32 Å². The van der Waals surface area contributed by atoms with E-state index in [0.29, 0.717) is 11.4 Å². The molecule has 2 rings (SSSR count). The minimum atomic E-state index is -3.61. The molecule has 0 radical (unpaired) electrons. The van der Waals surface area contributed by atoms with Crippen molar-refractivity contribution in [1.29, 1.82) is 0 Å². The number of hydrogen-bond donors (Lipinski definition) is 1. The Morgan fingerprint density at radius 1 is 1.12 bits per heavy atom. The van der Waals surface area contributed by atoms with Gasteiger partial charge in [-0.25, -0.2) is 8.42 Å². The van der Waals surface area contributed by atoms with E-state index >= 15 is 0 Å². The SMILES string of the molecule is COc1ccc(N(CC(=O)N[C@H](C)c2ccc(C)cc2)S(C)(=O)=O)cc1. The standard InChI is InChI=1S/C19H24N2O4S/c1-14-5-7-16(8-6-14)15(2)20-19(22)13-21(26(4,23)24)17-9-11-18(25-3)12-10-17/h5-12,15H,13H2,1-4H3,(H,20,22)/t15-/m1/s1. The van der Waals surface area contributed by atoms with Crippen molar-refractivity contribution in [3.63, 3.8) is 0 Å². The molecule has 0 bridgehead atoms. The Bertz CT molecular complexity index is 846. The van der Waals surface area contributed by atoms with Crippen LogP contribution in [0.3, 0.4) is 0 Å². The van der Waals surface area contributed by atoms with Crippen LogP contribution >= 0.6 is 0 Å². The van der Waals surface area contributed by atoms with Crippen molar-refractivity contribution in [2.45, 2.75) is 19.9 Å². The summed E-state index contributed by atoms with van der Waals surface area (Å²) in [7, 11) is -2.08. The van der Waals surface area contributed by atoms with Gasteiger partial charge in [0.1, 0.15) is 12.3 Å². The fourth-order valence-electron chi connectivity index (χ4n) is 2.50. The predicted molar refractivity (Wildman–Crippen MR) is 103 cm³/mol. The molecule has 0 aliphatic heterocycles. The van der Waals surface area contributed by atoms with Crippen LogP contribution in [0, 0.1) is 6.92 Å². The Balaban J connectivity index is 2.12. The van der Waals surface area contributed by atoms with E-state index in [9.17, 15) is 13.2 Å². The summed E-state index contributed by atoms with van der Waals surface area (Å²) in [6, 6.07) is 14.1. The second-order valence-electron chi connectivity index (χ2n) is 6.17. The van der Waals surface area contributed by atoms with Crippen LogP contribution in [-0.2, 0) is 14.8 Å². The first kappa shape index (κ1) is 19.8. The zero-order valence-electron chi connectivity index (χ0n) is 15.4. The highest BCUT2D eigenvalue weighted by Gasteiger charge is 2.22. The minimum Gasteiger partial charge on any atom is -0.497 e. The average molecular weight is 376 g/mol. The molecule has 26 heavy (non-hydrogen) atoms. The molecule has 7 heteroatoms. The van der Waals surface area contributed by atoms with Crippen LogP contribution in [0.5, 0.6) is 5.75 Å². The number of aryl methyl sites for hydroxylation is 1. The summed E-state index contributed by atoms with van der Waals surface area (Å²) < 4.78 is 30.4. The number of carbonyl (C=O) groups excluding carboxylic acids is 1. The van der Waals surface area contributed by atoms with Crippen LogP contribution in [0.2, 0.25) is 0 Å². The molecule has 0 aliphatic carbocycles. The highest BCUT2D eigenvalue weighted by molar-refractivity contribution is 7.92. The van der Waals surface area contributed by atoms with Gasteiger partial charge in [0, 0.05) is 0 Å². The lowest BCUT2D eigenvalue weighted by Gasteiger charge is -2.23. The molecule has 2 aromatic carbocycles. The molecule has 0 saturated carbocycles. The molecule has 0 heterocycles. The summed E-state index contributed by atoms with van der Waals surface area (Å²) in [4.78, 5) is 12.4. The van der Waals surface area contributed by atoms with E-state index in [-0.39, 0.29) is 18.5 Å². The van der Waals surface area contributed by atoms with Gasteiger partial charge in [-0.15, -0.1) is 0 Å². The van der Waals surface area contributed by atoms with E-state index in [4.69, 9.17) is 4.74 Å². The minimum absolute atomic E-state index is 0.222. The molecule has 0 spiro atoms. The number of nitrogens with one attached hydrogen (secondary N) is 1. The Kier molecular flexibility index (Phi) is 6.26. The van der Waals surface area contributed by atoms with Crippen molar-refractivity contribution in [3.8, 4) is 5.75 Å². The third kappa shape index (κ3) is 5.23. The maximum Gasteiger partial charge on any atom is 0.241 e. The van der Waals surface area contributed by atoms with Gasteiger partial charge >= 0.3 is 0 Å². The molecule has 1 amide bonds. The van der Waals surface area contributed by atoms with Crippen molar-refractivity contribution in [2.75, 3.05) is 24.2 Å². The molecule has 140 valence electrons. The maximum absolute atomic E-state index is 12.4. The maximum atomic E-state index is 12.4. The lowest BCUT2D eigenvalue weighted by atomic mass is 10.1. The average Bonchev–Trinajstić information content (AvgIpc) is 2.59. The van der Waals surface area contributed by atoms with Gasteiger partial charge in [-0.3, -0.25) is 9.10 Å². The smallest absolute Gasteiger partial charge is 0.241 e. The lowest BCUT2D eigenvalue weighted by Crippen LogP contribution is -2.41. The molecule has 6 nitrogen and oxygen atoms in total. The number of nitrogens with zero attached hydrogens (tertiary/aromatic N) is 1. The number of carbonyl (C=O) groups is 1. The molecule has 1 atom stereocenters. The zero-order chi connectivity index (χ0) is 19.3. The molecule has 2 aromatic rings. The molecule has 0 aliphatic rings. The van der Waals surface area contributed by atoms with Gasteiger partial charge in [-0.05, 0) is 43.7 Å². The molecule has 0 aromatic heterocycles. The molecule has 0 unspecified atom stereocenters. The van der Waals surface area contributed by atoms with E-state index in [1.807, 2.05) is 38.1 Å². The fraction of sp³-hybridized carbons (Fsp3) is 0.316.